The zero-order valence-electron chi connectivity index (χ0n) is 16.0. The number of alkyl halides is 3. The number of hydrogen-bond acceptors (Lipinski definition) is 3. The van der Waals surface area contributed by atoms with E-state index < -0.39 is 11.7 Å². The molecule has 6 nitrogen and oxygen atoms in total. The number of halogens is 3. The van der Waals surface area contributed by atoms with Gasteiger partial charge in [0.1, 0.15) is 6.61 Å². The number of benzene rings is 1. The molecule has 0 spiro atoms. The normalized spacial score (nSPS) is 27.6. The second-order valence-corrected chi connectivity index (χ2v) is 8.04. The molecule has 1 N–H and O–H groups in total. The summed E-state index contributed by atoms with van der Waals surface area (Å²) in [4.78, 5) is 28.0. The lowest BCUT2D eigenvalue weighted by molar-refractivity contribution is -0.139. The van der Waals surface area contributed by atoms with E-state index in [0.717, 1.165) is 24.1 Å². The maximum absolute atomic E-state index is 12.9. The molecule has 1 unspecified atom stereocenters. The largest absolute Gasteiger partial charge is 0.416 e. The Morgan fingerprint density at radius 2 is 1.79 bits per heavy atom. The summed E-state index contributed by atoms with van der Waals surface area (Å²) in [6.07, 6.45) is -2.20. The first-order valence-electron chi connectivity index (χ1n) is 9.90. The summed E-state index contributed by atoms with van der Waals surface area (Å²) < 4.78 is 43.6. The fourth-order valence-electron chi connectivity index (χ4n) is 4.41. The van der Waals surface area contributed by atoms with Crippen molar-refractivity contribution in [1.82, 2.24) is 15.1 Å². The summed E-state index contributed by atoms with van der Waals surface area (Å²) >= 11 is 0. The average molecular weight is 411 g/mol. The van der Waals surface area contributed by atoms with Crippen molar-refractivity contribution in [3.8, 4) is 0 Å². The molecule has 3 heterocycles. The van der Waals surface area contributed by atoms with Crippen molar-refractivity contribution < 1.29 is 27.5 Å². The molecule has 4 rings (SSSR count). The molecule has 0 aromatic heterocycles. The number of morpholine rings is 1. The van der Waals surface area contributed by atoms with Crippen molar-refractivity contribution >= 4 is 11.9 Å². The van der Waals surface area contributed by atoms with E-state index >= 15 is 0 Å². The first-order chi connectivity index (χ1) is 13.8. The van der Waals surface area contributed by atoms with Crippen LogP contribution >= 0.6 is 0 Å². The van der Waals surface area contributed by atoms with E-state index in [1.54, 1.807) is 9.80 Å². The van der Waals surface area contributed by atoms with Crippen LogP contribution in [0.3, 0.4) is 0 Å². The van der Waals surface area contributed by atoms with Crippen LogP contribution < -0.4 is 5.32 Å². The lowest BCUT2D eigenvalue weighted by Gasteiger charge is -2.42. The zero-order chi connectivity index (χ0) is 20.6. The minimum absolute atomic E-state index is 0.0391. The van der Waals surface area contributed by atoms with Gasteiger partial charge < -0.3 is 19.9 Å². The van der Waals surface area contributed by atoms with Crippen LogP contribution in [0.5, 0.6) is 0 Å². The van der Waals surface area contributed by atoms with Crippen molar-refractivity contribution in [2.24, 2.45) is 5.92 Å². The summed E-state index contributed by atoms with van der Waals surface area (Å²) in [6.45, 7) is 2.34. The molecule has 0 saturated carbocycles. The highest BCUT2D eigenvalue weighted by molar-refractivity contribution is 5.79. The predicted octanol–water partition coefficient (Wildman–Crippen LogP) is 2.28. The van der Waals surface area contributed by atoms with Crippen LogP contribution in [0.25, 0.3) is 0 Å². The Labute approximate surface area is 167 Å². The molecule has 3 aliphatic rings. The minimum Gasteiger partial charge on any atom is -0.366 e. The zero-order valence-corrected chi connectivity index (χ0v) is 16.0. The molecule has 3 fully saturated rings. The molecular weight excluding hydrogens is 387 g/mol. The lowest BCUT2D eigenvalue weighted by atomic mass is 9.98. The van der Waals surface area contributed by atoms with E-state index in [1.807, 2.05) is 0 Å². The number of carbonyl (C=O) groups excluding carboxylic acids is 2. The number of amides is 3. The van der Waals surface area contributed by atoms with Crippen molar-refractivity contribution in [3.63, 3.8) is 0 Å². The highest BCUT2D eigenvalue weighted by Gasteiger charge is 2.38. The summed E-state index contributed by atoms with van der Waals surface area (Å²) in [5, 5.41) is 2.89. The minimum atomic E-state index is -4.33. The maximum Gasteiger partial charge on any atom is 0.416 e. The highest BCUT2D eigenvalue weighted by atomic mass is 19.4. The molecule has 1 aromatic carbocycles. The van der Waals surface area contributed by atoms with Crippen molar-refractivity contribution in [2.75, 3.05) is 32.8 Å². The van der Waals surface area contributed by atoms with E-state index in [1.165, 1.54) is 12.1 Å². The molecule has 0 bridgehead atoms. The number of nitrogens with zero attached hydrogens (tertiary/aromatic N) is 2. The predicted molar refractivity (Wildman–Crippen MR) is 98.1 cm³/mol. The van der Waals surface area contributed by atoms with Crippen LogP contribution in [-0.4, -0.2) is 66.7 Å². The van der Waals surface area contributed by atoms with Gasteiger partial charge in [0.25, 0.3) is 0 Å². The summed E-state index contributed by atoms with van der Waals surface area (Å²) in [5.41, 5.74) is 0.201. The van der Waals surface area contributed by atoms with E-state index in [-0.39, 0.29) is 36.6 Å². The molecule has 3 atom stereocenters. The number of ether oxygens (including phenoxy) is 1. The molecular formula is C20H24F3N3O3. The van der Waals surface area contributed by atoms with Crippen LogP contribution in [0.1, 0.15) is 24.0 Å². The number of rotatable bonds is 2. The number of nitrogens with one attached hydrogen (secondary N) is 1. The SMILES string of the molecule is O=C1CO[C@H]2CCN(C(=O)N3CCC(Cc4ccc(C(F)(F)F)cc4)C3)C[C@H]2N1. The summed E-state index contributed by atoms with van der Waals surface area (Å²) in [7, 11) is 0. The fraction of sp³-hybridized carbons (Fsp3) is 0.600. The molecule has 29 heavy (non-hydrogen) atoms. The second-order valence-electron chi connectivity index (χ2n) is 8.04. The third-order valence-corrected chi connectivity index (χ3v) is 5.96. The first kappa shape index (κ1) is 20.0. The monoisotopic (exact) mass is 411 g/mol. The van der Waals surface area contributed by atoms with Crippen molar-refractivity contribution in [3.05, 3.63) is 35.4 Å². The standard InChI is InChI=1S/C20H24F3N3O3/c21-20(22,23)15-3-1-13(2-4-15)9-14-5-7-25(10-14)19(28)26-8-6-17-16(11-26)24-18(27)12-29-17/h1-4,14,16-17H,5-12H2,(H,24,27)/t14?,16-,17+/m1/s1. The van der Waals surface area contributed by atoms with Gasteiger partial charge in [0.05, 0.1) is 17.7 Å². The lowest BCUT2D eigenvalue weighted by Crippen LogP contribution is -2.62. The van der Waals surface area contributed by atoms with Gasteiger partial charge in [-0.1, -0.05) is 12.1 Å². The molecule has 158 valence electrons. The molecule has 0 radical (unpaired) electrons. The Kier molecular flexibility index (Phi) is 5.42. The van der Waals surface area contributed by atoms with E-state index in [2.05, 4.69) is 5.32 Å². The smallest absolute Gasteiger partial charge is 0.366 e. The topological polar surface area (TPSA) is 61.9 Å². The number of fused-ring (bicyclic) bond motifs is 1. The quantitative estimate of drug-likeness (QED) is 0.812. The summed E-state index contributed by atoms with van der Waals surface area (Å²) in [5.74, 6) is 0.0734. The van der Waals surface area contributed by atoms with E-state index in [9.17, 15) is 22.8 Å². The Hall–Kier alpha value is -2.29. The van der Waals surface area contributed by atoms with Gasteiger partial charge in [0, 0.05) is 26.2 Å². The molecule has 3 aliphatic heterocycles. The summed E-state index contributed by atoms with van der Waals surface area (Å²) in [6, 6.07) is 5.04. The fourth-order valence-corrected chi connectivity index (χ4v) is 4.41. The molecule has 0 aliphatic carbocycles. The molecule has 3 amide bonds. The Bertz CT molecular complexity index is 768. The van der Waals surface area contributed by atoms with Crippen molar-refractivity contribution in [2.45, 2.75) is 37.6 Å². The third-order valence-electron chi connectivity index (χ3n) is 5.96. The van der Waals surface area contributed by atoms with Crippen LogP contribution in [0.15, 0.2) is 24.3 Å². The van der Waals surface area contributed by atoms with Crippen LogP contribution in [-0.2, 0) is 22.1 Å². The van der Waals surface area contributed by atoms with Gasteiger partial charge in [-0.25, -0.2) is 4.79 Å². The number of carbonyl (C=O) groups is 2. The number of likely N-dealkylation sites (tertiary alicyclic amines) is 2. The second kappa shape index (κ2) is 7.85. The third kappa shape index (κ3) is 4.49. The van der Waals surface area contributed by atoms with Crippen LogP contribution in [0, 0.1) is 5.92 Å². The van der Waals surface area contributed by atoms with Gasteiger partial charge in [-0.05, 0) is 42.9 Å². The van der Waals surface area contributed by atoms with Gasteiger partial charge >= 0.3 is 12.2 Å². The van der Waals surface area contributed by atoms with Gasteiger partial charge in [-0.3, -0.25) is 4.79 Å². The number of urea groups is 1. The number of hydrogen-bond donors (Lipinski definition) is 1. The van der Waals surface area contributed by atoms with Crippen LogP contribution in [0.4, 0.5) is 18.0 Å². The van der Waals surface area contributed by atoms with E-state index in [4.69, 9.17) is 4.74 Å². The van der Waals surface area contributed by atoms with Gasteiger partial charge in [0.2, 0.25) is 5.91 Å². The Morgan fingerprint density at radius 3 is 2.52 bits per heavy atom. The first-order valence-corrected chi connectivity index (χ1v) is 9.90. The van der Waals surface area contributed by atoms with E-state index in [0.29, 0.717) is 39.0 Å². The maximum atomic E-state index is 12.9. The Balaban J connectivity index is 1.30. The van der Waals surface area contributed by atoms with Gasteiger partial charge in [-0.15, -0.1) is 0 Å². The number of piperidine rings is 1. The average Bonchev–Trinajstić information content (AvgIpc) is 3.15. The van der Waals surface area contributed by atoms with Crippen molar-refractivity contribution in [1.29, 1.82) is 0 Å². The molecule has 1 aromatic rings. The Morgan fingerprint density at radius 1 is 1.10 bits per heavy atom. The van der Waals surface area contributed by atoms with Gasteiger partial charge in [0.15, 0.2) is 0 Å². The highest BCUT2D eigenvalue weighted by Crippen LogP contribution is 2.30. The molecule has 3 saturated heterocycles. The van der Waals surface area contributed by atoms with Gasteiger partial charge in [-0.2, -0.15) is 13.2 Å². The van der Waals surface area contributed by atoms with Crippen LogP contribution in [0.2, 0.25) is 0 Å². The molecule has 9 heteroatoms.